The van der Waals surface area contributed by atoms with Crippen molar-refractivity contribution in [1.29, 1.82) is 0 Å². The molecule has 1 N–H and O–H groups in total. The Hall–Kier alpha value is -3.51. The highest BCUT2D eigenvalue weighted by Gasteiger charge is 2.38. The van der Waals surface area contributed by atoms with E-state index < -0.39 is 0 Å². The van der Waals surface area contributed by atoms with Crippen molar-refractivity contribution in [2.75, 3.05) is 20.1 Å². The predicted octanol–water partition coefficient (Wildman–Crippen LogP) is 3.50. The third-order valence-electron chi connectivity index (χ3n) is 5.45. The van der Waals surface area contributed by atoms with Crippen molar-refractivity contribution in [2.45, 2.75) is 12.5 Å². The molecular formula is C24H23N5O. The van der Waals surface area contributed by atoms with Crippen LogP contribution in [0.2, 0.25) is 0 Å². The first-order valence-corrected chi connectivity index (χ1v) is 10.0. The summed E-state index contributed by atoms with van der Waals surface area (Å²) in [6.07, 6.45) is 0. The highest BCUT2D eigenvalue weighted by atomic mass is 16.2. The van der Waals surface area contributed by atoms with Crippen molar-refractivity contribution >= 4 is 11.6 Å². The number of benzene rings is 2. The monoisotopic (exact) mass is 397 g/mol. The maximum Gasteiger partial charge on any atom is 0.272 e. The molecule has 0 radical (unpaired) electrons. The summed E-state index contributed by atoms with van der Waals surface area (Å²) in [6.45, 7) is 3.72. The number of carbonyl (C=O) groups excluding carboxylic acids is 1. The smallest absolute Gasteiger partial charge is 0.272 e. The van der Waals surface area contributed by atoms with Crippen molar-refractivity contribution in [3.63, 3.8) is 0 Å². The molecule has 3 heterocycles. The number of likely N-dealkylation sites (N-methyl/N-ethyl adjacent to an activating group) is 1. The molecule has 1 amide bonds. The number of carbonyl (C=O) groups is 1. The molecular weight excluding hydrogens is 374 g/mol. The molecule has 1 fully saturated rings. The number of nitrogens with one attached hydrogen (secondary N) is 1. The van der Waals surface area contributed by atoms with Crippen LogP contribution in [0.15, 0.2) is 72.8 Å². The van der Waals surface area contributed by atoms with Crippen LogP contribution in [-0.2, 0) is 0 Å². The quantitative estimate of drug-likeness (QED) is 0.573. The number of hydrogen-bond acceptors (Lipinski definition) is 4. The molecule has 0 atom stereocenters. The van der Waals surface area contributed by atoms with E-state index in [-0.39, 0.29) is 11.4 Å². The number of aromatic nitrogens is 3. The molecule has 2 aromatic carbocycles. The fourth-order valence-electron chi connectivity index (χ4n) is 4.22. The van der Waals surface area contributed by atoms with E-state index >= 15 is 0 Å². The third kappa shape index (κ3) is 3.35. The van der Waals surface area contributed by atoms with Crippen LogP contribution in [0.25, 0.3) is 28.2 Å². The summed E-state index contributed by atoms with van der Waals surface area (Å²) in [7, 11) is 2.04. The summed E-state index contributed by atoms with van der Waals surface area (Å²) < 4.78 is 1.76. The van der Waals surface area contributed by atoms with Gasteiger partial charge in [0.15, 0.2) is 11.3 Å². The Morgan fingerprint density at radius 2 is 1.60 bits per heavy atom. The van der Waals surface area contributed by atoms with Gasteiger partial charge in [0.25, 0.3) is 5.91 Å². The molecule has 0 aliphatic carbocycles. The van der Waals surface area contributed by atoms with E-state index in [4.69, 9.17) is 4.98 Å². The molecule has 150 valence electrons. The number of nitrogens with zero attached hydrogens (tertiary/aromatic N) is 4. The molecule has 2 aromatic heterocycles. The van der Waals surface area contributed by atoms with Gasteiger partial charge in [0, 0.05) is 30.3 Å². The molecule has 6 heteroatoms. The predicted molar refractivity (Wildman–Crippen MR) is 117 cm³/mol. The minimum absolute atomic E-state index is 0.170. The molecule has 1 aliphatic rings. The van der Waals surface area contributed by atoms with Gasteiger partial charge in [-0.15, -0.1) is 0 Å². The zero-order chi connectivity index (χ0) is 20.7. The van der Waals surface area contributed by atoms with Gasteiger partial charge < -0.3 is 10.2 Å². The molecule has 4 aromatic rings. The normalized spacial score (nSPS) is 15.7. The number of amides is 1. The minimum atomic E-state index is -0.216. The van der Waals surface area contributed by atoms with Gasteiger partial charge >= 0.3 is 0 Å². The van der Waals surface area contributed by atoms with Gasteiger partial charge in [-0.05, 0) is 20.0 Å². The van der Waals surface area contributed by atoms with E-state index in [2.05, 4.69) is 22.2 Å². The molecule has 6 nitrogen and oxygen atoms in total. The molecule has 1 aliphatic heterocycles. The largest absolute Gasteiger partial charge is 0.343 e. The lowest BCUT2D eigenvalue weighted by molar-refractivity contribution is 0.0611. The van der Waals surface area contributed by atoms with Crippen LogP contribution in [0, 0.1) is 0 Å². The maximum atomic E-state index is 12.9. The van der Waals surface area contributed by atoms with Gasteiger partial charge in [-0.25, -0.2) is 9.50 Å². The van der Waals surface area contributed by atoms with Crippen LogP contribution in [0.1, 0.15) is 17.4 Å². The third-order valence-corrected chi connectivity index (χ3v) is 5.45. The summed E-state index contributed by atoms with van der Waals surface area (Å²) in [4.78, 5) is 19.9. The number of fused-ring (bicyclic) bond motifs is 1. The molecule has 30 heavy (non-hydrogen) atoms. The summed E-state index contributed by atoms with van der Waals surface area (Å²) in [5.74, 6) is -0.170. The van der Waals surface area contributed by atoms with Crippen LogP contribution in [0.4, 0.5) is 0 Å². The first kappa shape index (κ1) is 18.5. The lowest BCUT2D eigenvalue weighted by Gasteiger charge is -2.46. The lowest BCUT2D eigenvalue weighted by atomic mass is 9.93. The van der Waals surface area contributed by atoms with Gasteiger partial charge in [-0.3, -0.25) is 4.79 Å². The van der Waals surface area contributed by atoms with E-state index in [1.807, 2.05) is 73.8 Å². The van der Waals surface area contributed by atoms with Gasteiger partial charge in [0.05, 0.1) is 16.9 Å². The first-order chi connectivity index (χ1) is 14.5. The summed E-state index contributed by atoms with van der Waals surface area (Å²) in [5.41, 5.74) is 4.59. The second-order valence-corrected chi connectivity index (χ2v) is 8.25. The molecule has 0 spiro atoms. The second-order valence-electron chi connectivity index (χ2n) is 8.25. The Morgan fingerprint density at radius 3 is 2.23 bits per heavy atom. The van der Waals surface area contributed by atoms with Gasteiger partial charge in [-0.1, -0.05) is 60.7 Å². The number of likely N-dealkylation sites (tertiary alicyclic amines) is 1. The van der Waals surface area contributed by atoms with E-state index in [1.54, 1.807) is 10.6 Å². The SMILES string of the molecule is CN1CC(C)(NC(=O)c2cc3nc(-c4ccccc4)cc(-c4ccccc4)n3n2)C1. The molecule has 1 saturated heterocycles. The van der Waals surface area contributed by atoms with Crippen molar-refractivity contribution in [2.24, 2.45) is 0 Å². The van der Waals surface area contributed by atoms with Crippen LogP contribution in [0.3, 0.4) is 0 Å². The first-order valence-electron chi connectivity index (χ1n) is 10.0. The van der Waals surface area contributed by atoms with Crippen LogP contribution in [0.5, 0.6) is 0 Å². The number of rotatable bonds is 4. The molecule has 0 bridgehead atoms. The summed E-state index contributed by atoms with van der Waals surface area (Å²) in [5, 5.41) is 7.74. The van der Waals surface area contributed by atoms with Crippen LogP contribution >= 0.6 is 0 Å². The lowest BCUT2D eigenvalue weighted by Crippen LogP contribution is -2.67. The Bertz CT molecular complexity index is 1210. The Balaban J connectivity index is 1.60. The Morgan fingerprint density at radius 1 is 0.967 bits per heavy atom. The van der Waals surface area contributed by atoms with Crippen LogP contribution < -0.4 is 5.32 Å². The standard InChI is InChI=1S/C24H23N5O/c1-24(15-28(2)16-24)26-23(30)20-14-22-25-19(17-9-5-3-6-10-17)13-21(29(22)27-20)18-11-7-4-8-12-18/h3-14H,15-16H2,1-2H3,(H,26,30). The van der Waals surface area contributed by atoms with Gasteiger partial charge in [0.1, 0.15) is 0 Å². The second kappa shape index (κ2) is 7.07. The van der Waals surface area contributed by atoms with Crippen molar-refractivity contribution < 1.29 is 4.79 Å². The van der Waals surface area contributed by atoms with Gasteiger partial charge in [0.2, 0.25) is 0 Å². The summed E-state index contributed by atoms with van der Waals surface area (Å²) in [6, 6.07) is 23.9. The van der Waals surface area contributed by atoms with E-state index in [0.29, 0.717) is 11.3 Å². The molecule has 0 unspecified atom stereocenters. The minimum Gasteiger partial charge on any atom is -0.343 e. The zero-order valence-electron chi connectivity index (χ0n) is 17.0. The Labute approximate surface area is 175 Å². The van der Waals surface area contributed by atoms with Crippen LogP contribution in [-0.4, -0.2) is 51.1 Å². The van der Waals surface area contributed by atoms with E-state index in [1.165, 1.54) is 0 Å². The van der Waals surface area contributed by atoms with Crippen molar-refractivity contribution in [3.05, 3.63) is 78.5 Å². The average molecular weight is 397 g/mol. The molecule has 0 saturated carbocycles. The average Bonchev–Trinajstić information content (AvgIpc) is 3.18. The molecule has 5 rings (SSSR count). The number of hydrogen-bond donors (Lipinski definition) is 1. The summed E-state index contributed by atoms with van der Waals surface area (Å²) >= 11 is 0. The topological polar surface area (TPSA) is 62.5 Å². The van der Waals surface area contributed by atoms with Gasteiger partial charge in [-0.2, -0.15) is 5.10 Å². The highest BCUT2D eigenvalue weighted by molar-refractivity contribution is 5.94. The fraction of sp³-hybridized carbons (Fsp3) is 0.208. The van der Waals surface area contributed by atoms with Crippen molar-refractivity contribution in [1.82, 2.24) is 24.8 Å². The van der Waals surface area contributed by atoms with E-state index in [9.17, 15) is 4.79 Å². The highest BCUT2D eigenvalue weighted by Crippen LogP contribution is 2.27. The van der Waals surface area contributed by atoms with E-state index in [0.717, 1.165) is 35.6 Å². The fourth-order valence-corrected chi connectivity index (χ4v) is 4.22. The zero-order valence-corrected chi connectivity index (χ0v) is 17.0. The maximum absolute atomic E-state index is 12.9. The van der Waals surface area contributed by atoms with Crippen molar-refractivity contribution in [3.8, 4) is 22.5 Å². The Kier molecular flexibility index (Phi) is 4.37.